The lowest BCUT2D eigenvalue weighted by Crippen LogP contribution is -2.02. The van der Waals surface area contributed by atoms with Gasteiger partial charge in [-0.25, -0.2) is 15.0 Å². The number of nitrogens with zero attached hydrogens (tertiary/aromatic N) is 4. The first-order valence-corrected chi connectivity index (χ1v) is 18.8. The predicted molar refractivity (Wildman–Crippen MR) is 229 cm³/mol. The van der Waals surface area contributed by atoms with Crippen molar-refractivity contribution in [3.63, 3.8) is 0 Å². The molecule has 0 aliphatic carbocycles. The number of hydrogen-bond donors (Lipinski definition) is 0. The molecule has 0 bridgehead atoms. The van der Waals surface area contributed by atoms with Gasteiger partial charge in [-0.05, 0) is 64.7 Å². The molecule has 5 heteroatoms. The molecule has 11 rings (SSSR count). The number of aromatic nitrogens is 4. The van der Waals surface area contributed by atoms with Crippen molar-refractivity contribution in [3.8, 4) is 62.1 Å². The van der Waals surface area contributed by atoms with Crippen molar-refractivity contribution < 1.29 is 4.42 Å². The maximum atomic E-state index is 6.60. The number of rotatable bonds is 6. The molecule has 0 N–H and O–H groups in total. The second kappa shape index (κ2) is 13.0. The molecule has 0 unspecified atom stereocenters. The fourth-order valence-electron chi connectivity index (χ4n) is 8.06. The first kappa shape index (κ1) is 31.9. The van der Waals surface area contributed by atoms with E-state index in [0.29, 0.717) is 17.5 Å². The normalized spacial score (nSPS) is 11.6. The second-order valence-corrected chi connectivity index (χ2v) is 14.0. The highest BCUT2D eigenvalue weighted by Crippen LogP contribution is 2.42. The van der Waals surface area contributed by atoms with Crippen LogP contribution in [0.25, 0.3) is 106 Å². The third-order valence-electron chi connectivity index (χ3n) is 10.7. The summed E-state index contributed by atoms with van der Waals surface area (Å²) in [5.41, 5.74) is 12.2. The van der Waals surface area contributed by atoms with Gasteiger partial charge >= 0.3 is 0 Å². The summed E-state index contributed by atoms with van der Waals surface area (Å²) in [6.07, 6.45) is 0. The van der Waals surface area contributed by atoms with Gasteiger partial charge in [0.2, 0.25) is 0 Å². The van der Waals surface area contributed by atoms with Gasteiger partial charge in [0.1, 0.15) is 11.2 Å². The van der Waals surface area contributed by atoms with Gasteiger partial charge in [-0.1, -0.05) is 152 Å². The Balaban J connectivity index is 1.17. The summed E-state index contributed by atoms with van der Waals surface area (Å²) in [6.45, 7) is 0. The van der Waals surface area contributed by atoms with E-state index in [1.165, 1.54) is 11.1 Å². The molecule has 0 aliphatic rings. The average molecular weight is 717 g/mol. The molecule has 0 saturated heterocycles. The van der Waals surface area contributed by atoms with E-state index in [1.807, 2.05) is 60.7 Å². The Morgan fingerprint density at radius 1 is 0.357 bits per heavy atom. The molecule has 3 heterocycles. The summed E-state index contributed by atoms with van der Waals surface area (Å²) in [7, 11) is 0. The highest BCUT2D eigenvalue weighted by molar-refractivity contribution is 6.17. The van der Waals surface area contributed by atoms with Crippen LogP contribution in [-0.4, -0.2) is 19.5 Å². The molecule has 11 aromatic rings. The van der Waals surface area contributed by atoms with Gasteiger partial charge in [0.25, 0.3) is 0 Å². The van der Waals surface area contributed by atoms with Crippen molar-refractivity contribution in [2.24, 2.45) is 0 Å². The number of para-hydroxylation sites is 2. The summed E-state index contributed by atoms with van der Waals surface area (Å²) >= 11 is 0. The van der Waals surface area contributed by atoms with Crippen LogP contribution in [0.5, 0.6) is 0 Å². The highest BCUT2D eigenvalue weighted by Gasteiger charge is 2.22. The minimum absolute atomic E-state index is 0.608. The van der Waals surface area contributed by atoms with E-state index in [9.17, 15) is 0 Å². The Kier molecular flexibility index (Phi) is 7.42. The van der Waals surface area contributed by atoms with E-state index in [2.05, 4.69) is 138 Å². The summed E-state index contributed by atoms with van der Waals surface area (Å²) in [5, 5.41) is 4.36. The van der Waals surface area contributed by atoms with Gasteiger partial charge in [0.15, 0.2) is 17.5 Å². The lowest BCUT2D eigenvalue weighted by atomic mass is 9.98. The van der Waals surface area contributed by atoms with Crippen LogP contribution < -0.4 is 0 Å². The minimum Gasteiger partial charge on any atom is -0.456 e. The predicted octanol–water partition coefficient (Wildman–Crippen LogP) is 13.2. The Labute approximate surface area is 322 Å². The van der Waals surface area contributed by atoms with E-state index in [0.717, 1.165) is 77.2 Å². The molecule has 0 radical (unpaired) electrons. The molecule has 0 fully saturated rings. The van der Waals surface area contributed by atoms with Crippen LogP contribution in [0.4, 0.5) is 0 Å². The van der Waals surface area contributed by atoms with Crippen molar-refractivity contribution in [3.05, 3.63) is 194 Å². The number of fused-ring (bicyclic) bond motifs is 6. The molecule has 56 heavy (non-hydrogen) atoms. The maximum Gasteiger partial charge on any atom is 0.166 e. The lowest BCUT2D eigenvalue weighted by Gasteiger charge is -2.13. The van der Waals surface area contributed by atoms with E-state index < -0.39 is 0 Å². The summed E-state index contributed by atoms with van der Waals surface area (Å²) in [5.74, 6) is 1.86. The van der Waals surface area contributed by atoms with Crippen molar-refractivity contribution in [2.45, 2.75) is 0 Å². The Bertz CT molecular complexity index is 3180. The molecule has 0 spiro atoms. The molecule has 0 atom stereocenters. The van der Waals surface area contributed by atoms with E-state index in [4.69, 9.17) is 19.4 Å². The summed E-state index contributed by atoms with van der Waals surface area (Å²) in [4.78, 5) is 15.3. The van der Waals surface area contributed by atoms with Gasteiger partial charge in [-0.15, -0.1) is 0 Å². The quantitative estimate of drug-likeness (QED) is 0.172. The van der Waals surface area contributed by atoms with Crippen molar-refractivity contribution in [1.29, 1.82) is 0 Å². The molecule has 0 saturated carbocycles. The molecule has 8 aromatic carbocycles. The molecule has 262 valence electrons. The number of hydrogen-bond acceptors (Lipinski definition) is 4. The van der Waals surface area contributed by atoms with Gasteiger partial charge < -0.3 is 8.98 Å². The van der Waals surface area contributed by atoms with E-state index >= 15 is 0 Å². The topological polar surface area (TPSA) is 56.7 Å². The molecular weight excluding hydrogens is 685 g/mol. The van der Waals surface area contributed by atoms with Crippen LogP contribution >= 0.6 is 0 Å². The van der Waals surface area contributed by atoms with Crippen LogP contribution in [0, 0.1) is 0 Å². The van der Waals surface area contributed by atoms with Crippen molar-refractivity contribution >= 4 is 43.7 Å². The van der Waals surface area contributed by atoms with Crippen LogP contribution in [0.15, 0.2) is 199 Å². The molecule has 5 nitrogen and oxygen atoms in total. The van der Waals surface area contributed by atoms with Crippen molar-refractivity contribution in [2.75, 3.05) is 0 Å². The van der Waals surface area contributed by atoms with Crippen LogP contribution in [0.2, 0.25) is 0 Å². The zero-order valence-electron chi connectivity index (χ0n) is 30.2. The first-order valence-electron chi connectivity index (χ1n) is 18.8. The zero-order valence-corrected chi connectivity index (χ0v) is 30.2. The summed E-state index contributed by atoms with van der Waals surface area (Å²) in [6, 6.07) is 67.4. The fraction of sp³-hybridized carbons (Fsp3) is 0. The monoisotopic (exact) mass is 716 g/mol. The minimum atomic E-state index is 0.608. The lowest BCUT2D eigenvalue weighted by molar-refractivity contribution is 0.669. The van der Waals surface area contributed by atoms with Crippen molar-refractivity contribution in [1.82, 2.24) is 19.5 Å². The molecule has 0 amide bonds. The molecule has 3 aromatic heterocycles. The van der Waals surface area contributed by atoms with Crippen LogP contribution in [-0.2, 0) is 0 Å². The van der Waals surface area contributed by atoms with Gasteiger partial charge in [0, 0.05) is 32.8 Å². The van der Waals surface area contributed by atoms with Gasteiger partial charge in [-0.3, -0.25) is 0 Å². The number of furan rings is 1. The second-order valence-electron chi connectivity index (χ2n) is 14.0. The van der Waals surface area contributed by atoms with Crippen LogP contribution in [0.1, 0.15) is 0 Å². The Hall–Kier alpha value is -7.63. The Morgan fingerprint density at radius 3 is 1.64 bits per heavy atom. The molecule has 0 aliphatic heterocycles. The highest BCUT2D eigenvalue weighted by atomic mass is 16.3. The third-order valence-corrected chi connectivity index (χ3v) is 10.7. The molecular formula is C51H32N4O. The fourth-order valence-corrected chi connectivity index (χ4v) is 8.06. The maximum absolute atomic E-state index is 6.60. The number of benzene rings is 8. The Morgan fingerprint density at radius 2 is 0.911 bits per heavy atom. The first-order chi connectivity index (χ1) is 27.8. The van der Waals surface area contributed by atoms with Gasteiger partial charge in [-0.2, -0.15) is 0 Å². The van der Waals surface area contributed by atoms with Crippen LogP contribution in [0.3, 0.4) is 0 Å². The zero-order chi connectivity index (χ0) is 37.0. The van der Waals surface area contributed by atoms with E-state index in [1.54, 1.807) is 0 Å². The third kappa shape index (κ3) is 5.29. The smallest absolute Gasteiger partial charge is 0.166 e. The largest absolute Gasteiger partial charge is 0.456 e. The SMILES string of the molecule is c1ccc(-c2cccc(-c3ccc4oc5cccc(-n6c7ccccc7c7cccc(-c8nc(-c9ccccc9)nc(-c9ccccc9)n8)c76)c5c4c3)c2)cc1. The van der Waals surface area contributed by atoms with E-state index in [-0.39, 0.29) is 0 Å². The average Bonchev–Trinajstić information content (AvgIpc) is 3.83. The van der Waals surface area contributed by atoms with Gasteiger partial charge in [0.05, 0.1) is 22.1 Å². The summed E-state index contributed by atoms with van der Waals surface area (Å²) < 4.78 is 8.97. The standard InChI is InChI=1S/C51H32N4O/c1-4-15-33(16-5-1)36-21-12-22-37(31-36)38-29-30-45-42(32-38)47-44(27-14-28-46(47)56-45)55-43-26-11-10-23-39(43)40-24-13-25-41(48(40)55)51-53-49(34-17-6-2-7-18-34)52-50(54-51)35-19-8-3-9-20-35/h1-32H.